The third-order valence-corrected chi connectivity index (χ3v) is 4.41. The Hall–Kier alpha value is -2.53. The van der Waals surface area contributed by atoms with Crippen LogP contribution in [0.1, 0.15) is 29.8 Å². The molecule has 3 aromatic rings. The first-order chi connectivity index (χ1) is 11.7. The number of halogens is 2. The van der Waals surface area contributed by atoms with Crippen LogP contribution in [-0.2, 0) is 6.42 Å². The highest BCUT2D eigenvalue weighted by Crippen LogP contribution is 2.31. The van der Waals surface area contributed by atoms with Gasteiger partial charge in [-0.2, -0.15) is 5.10 Å². The number of hydrogen-bond donors (Lipinski definition) is 1. The van der Waals surface area contributed by atoms with E-state index < -0.39 is 0 Å². The summed E-state index contributed by atoms with van der Waals surface area (Å²) in [5.41, 5.74) is 4.12. The molecule has 0 spiro atoms. The Bertz CT molecular complexity index is 974. The van der Waals surface area contributed by atoms with Gasteiger partial charge in [0.25, 0.3) is 0 Å². The number of nitrogens with zero attached hydrogens (tertiary/aromatic N) is 3. The van der Waals surface area contributed by atoms with Crippen molar-refractivity contribution >= 4 is 28.3 Å². The quantitative estimate of drug-likeness (QED) is 0.769. The van der Waals surface area contributed by atoms with E-state index in [1.165, 1.54) is 6.07 Å². The van der Waals surface area contributed by atoms with Gasteiger partial charge in [-0.25, -0.2) is 14.4 Å². The van der Waals surface area contributed by atoms with E-state index in [9.17, 15) is 4.39 Å². The molecule has 0 unspecified atom stereocenters. The minimum Gasteiger partial charge on any atom is -0.273 e. The molecule has 6 heteroatoms. The Balaban J connectivity index is 1.71. The second-order valence-electron chi connectivity index (χ2n) is 5.66. The van der Waals surface area contributed by atoms with E-state index in [1.54, 1.807) is 24.4 Å². The first-order valence-electron chi connectivity index (χ1n) is 7.71. The van der Waals surface area contributed by atoms with E-state index >= 15 is 0 Å². The number of allylic oxidation sites excluding steroid dienone is 4. The molecule has 0 bridgehead atoms. The highest BCUT2D eigenvalue weighted by atomic mass is 35.5. The van der Waals surface area contributed by atoms with Gasteiger partial charge in [-0.15, -0.1) is 0 Å². The van der Waals surface area contributed by atoms with E-state index in [2.05, 4.69) is 26.2 Å². The van der Waals surface area contributed by atoms with Crippen LogP contribution in [0.2, 0.25) is 0 Å². The molecule has 0 aliphatic heterocycles. The molecule has 120 valence electrons. The molecule has 2 heterocycles. The monoisotopic (exact) mass is 340 g/mol. The van der Waals surface area contributed by atoms with Crippen LogP contribution in [0.15, 0.2) is 47.6 Å². The molecule has 0 amide bonds. The number of H-pyrrole nitrogens is 1. The third-order valence-electron chi connectivity index (χ3n) is 4.02. The summed E-state index contributed by atoms with van der Waals surface area (Å²) in [7, 11) is 0. The molecule has 1 N–H and O–H groups in total. The standard InChI is InChI=1S/C18H14ClFN4/c19-14-7-3-2-6-13(14)16-17-18(24-23-16)22-12(10-21-17)9-11-5-1-4-8-15(11)20/h1-2,4-6,8,10H,3,7,9H2,(H,22,23,24). The van der Waals surface area contributed by atoms with Gasteiger partial charge in [0.1, 0.15) is 11.3 Å². The van der Waals surface area contributed by atoms with E-state index in [4.69, 9.17) is 11.6 Å². The van der Waals surface area contributed by atoms with Crippen LogP contribution in [-0.4, -0.2) is 20.2 Å². The SMILES string of the molecule is Fc1ccccc1Cc1cnc2c(C3=C(Cl)CCC=C3)[nH]nc2n1. The van der Waals surface area contributed by atoms with E-state index in [0.717, 1.165) is 29.1 Å². The highest BCUT2D eigenvalue weighted by molar-refractivity contribution is 6.33. The van der Waals surface area contributed by atoms with Crippen LogP contribution < -0.4 is 0 Å². The molecule has 1 aliphatic carbocycles. The Morgan fingerprint density at radius 2 is 2.12 bits per heavy atom. The van der Waals surface area contributed by atoms with Gasteiger partial charge in [0.2, 0.25) is 5.65 Å². The van der Waals surface area contributed by atoms with E-state index in [-0.39, 0.29) is 5.82 Å². The summed E-state index contributed by atoms with van der Waals surface area (Å²) >= 11 is 6.32. The summed E-state index contributed by atoms with van der Waals surface area (Å²) in [6.45, 7) is 0. The van der Waals surface area contributed by atoms with Crippen LogP contribution in [0.5, 0.6) is 0 Å². The molecule has 4 nitrogen and oxygen atoms in total. The smallest absolute Gasteiger partial charge is 0.200 e. The second-order valence-corrected chi connectivity index (χ2v) is 6.12. The Labute approximate surface area is 143 Å². The number of rotatable bonds is 3. The lowest BCUT2D eigenvalue weighted by Crippen LogP contribution is -1.97. The topological polar surface area (TPSA) is 54.5 Å². The van der Waals surface area contributed by atoms with Gasteiger partial charge in [-0.1, -0.05) is 42.0 Å². The summed E-state index contributed by atoms with van der Waals surface area (Å²) in [6.07, 6.45) is 7.84. The summed E-state index contributed by atoms with van der Waals surface area (Å²) in [5.74, 6) is -0.244. The predicted molar refractivity (Wildman–Crippen MR) is 92.0 cm³/mol. The van der Waals surface area contributed by atoms with E-state index in [0.29, 0.717) is 28.8 Å². The molecule has 0 radical (unpaired) electrons. The maximum absolute atomic E-state index is 13.8. The maximum Gasteiger partial charge on any atom is 0.200 e. The van der Waals surface area contributed by atoms with Crippen LogP contribution in [0.3, 0.4) is 0 Å². The Morgan fingerprint density at radius 1 is 1.25 bits per heavy atom. The number of benzene rings is 1. The first kappa shape index (κ1) is 15.0. The lowest BCUT2D eigenvalue weighted by Gasteiger charge is -2.09. The fraction of sp³-hybridized carbons (Fsp3) is 0.167. The summed E-state index contributed by atoms with van der Waals surface area (Å²) in [4.78, 5) is 8.96. The average molecular weight is 341 g/mol. The zero-order valence-corrected chi connectivity index (χ0v) is 13.5. The van der Waals surface area contributed by atoms with Gasteiger partial charge >= 0.3 is 0 Å². The number of nitrogens with one attached hydrogen (secondary N) is 1. The van der Waals surface area contributed by atoms with Crippen molar-refractivity contribution in [3.05, 3.63) is 70.4 Å². The van der Waals surface area contributed by atoms with Crippen molar-refractivity contribution in [2.24, 2.45) is 0 Å². The van der Waals surface area contributed by atoms with Gasteiger partial charge in [0.15, 0.2) is 0 Å². The molecule has 0 atom stereocenters. The van der Waals surface area contributed by atoms with Crippen molar-refractivity contribution in [2.45, 2.75) is 19.3 Å². The molecule has 0 saturated carbocycles. The van der Waals surface area contributed by atoms with Gasteiger partial charge < -0.3 is 0 Å². The van der Waals surface area contributed by atoms with Crippen molar-refractivity contribution < 1.29 is 4.39 Å². The number of hydrogen-bond acceptors (Lipinski definition) is 3. The van der Waals surface area contributed by atoms with Crippen LogP contribution in [0.25, 0.3) is 16.7 Å². The van der Waals surface area contributed by atoms with Gasteiger partial charge in [-0.3, -0.25) is 5.10 Å². The minimum absolute atomic E-state index is 0.244. The van der Waals surface area contributed by atoms with Crippen LogP contribution in [0.4, 0.5) is 4.39 Å². The van der Waals surface area contributed by atoms with Gasteiger partial charge in [0.05, 0.1) is 11.4 Å². The van der Waals surface area contributed by atoms with Crippen molar-refractivity contribution in [3.63, 3.8) is 0 Å². The van der Waals surface area contributed by atoms with E-state index in [1.807, 2.05) is 6.08 Å². The molecule has 0 fully saturated rings. The fourth-order valence-electron chi connectivity index (χ4n) is 2.80. The van der Waals surface area contributed by atoms with Gasteiger partial charge in [-0.05, 0) is 24.5 Å². The zero-order chi connectivity index (χ0) is 16.5. The third kappa shape index (κ3) is 2.71. The molecular weight excluding hydrogens is 327 g/mol. The maximum atomic E-state index is 13.8. The Morgan fingerprint density at radius 3 is 2.96 bits per heavy atom. The lowest BCUT2D eigenvalue weighted by molar-refractivity contribution is 0.613. The fourth-order valence-corrected chi connectivity index (χ4v) is 3.06. The molecule has 4 rings (SSSR count). The van der Waals surface area contributed by atoms with Crippen molar-refractivity contribution in [1.82, 2.24) is 20.2 Å². The number of aromatic nitrogens is 4. The highest BCUT2D eigenvalue weighted by Gasteiger charge is 2.16. The largest absolute Gasteiger partial charge is 0.273 e. The van der Waals surface area contributed by atoms with Gasteiger partial charge in [0, 0.05) is 23.2 Å². The molecule has 2 aromatic heterocycles. The molecule has 1 aliphatic rings. The molecule has 1 aromatic carbocycles. The average Bonchev–Trinajstić information content (AvgIpc) is 3.00. The zero-order valence-electron chi connectivity index (χ0n) is 12.8. The minimum atomic E-state index is -0.244. The van der Waals surface area contributed by atoms with Crippen LogP contribution in [0, 0.1) is 5.82 Å². The number of fused-ring (bicyclic) bond motifs is 1. The second kappa shape index (κ2) is 6.17. The predicted octanol–water partition coefficient (Wildman–Crippen LogP) is 4.38. The Kier molecular flexibility index (Phi) is 3.86. The summed E-state index contributed by atoms with van der Waals surface area (Å²) < 4.78 is 13.8. The summed E-state index contributed by atoms with van der Waals surface area (Å²) in [5, 5.41) is 8.00. The summed E-state index contributed by atoms with van der Waals surface area (Å²) in [6, 6.07) is 6.66. The lowest BCUT2D eigenvalue weighted by atomic mass is 10.0. The molecular formula is C18H14ClFN4. The van der Waals surface area contributed by atoms with Crippen molar-refractivity contribution in [2.75, 3.05) is 0 Å². The molecule has 0 saturated heterocycles. The first-order valence-corrected chi connectivity index (χ1v) is 8.09. The normalized spacial score (nSPS) is 14.6. The van der Waals surface area contributed by atoms with Crippen molar-refractivity contribution in [3.8, 4) is 0 Å². The van der Waals surface area contributed by atoms with Crippen molar-refractivity contribution in [1.29, 1.82) is 0 Å². The number of aromatic amines is 1. The van der Waals surface area contributed by atoms with Crippen LogP contribution >= 0.6 is 11.6 Å². The molecule has 24 heavy (non-hydrogen) atoms.